The highest BCUT2D eigenvalue weighted by atomic mass is 35.5. The van der Waals surface area contributed by atoms with Crippen LogP contribution in [0.1, 0.15) is 12.6 Å². The first-order chi connectivity index (χ1) is 7.16. The predicted molar refractivity (Wildman–Crippen MR) is 57.7 cm³/mol. The number of hydrogen-bond acceptors (Lipinski definition) is 2. The zero-order chi connectivity index (χ0) is 10.8. The van der Waals surface area contributed by atoms with Crippen LogP contribution in [0.2, 0.25) is 5.02 Å². The quantitative estimate of drug-likeness (QED) is 0.841. The van der Waals surface area contributed by atoms with Gasteiger partial charge >= 0.3 is 0 Å². The zero-order valence-corrected chi connectivity index (χ0v) is 8.95. The fraction of sp³-hybridized carbons (Fsp3) is 0.200. The molecule has 0 atom stereocenters. The van der Waals surface area contributed by atoms with E-state index in [4.69, 9.17) is 11.6 Å². The summed E-state index contributed by atoms with van der Waals surface area (Å²) in [6.07, 6.45) is 3.53. The monoisotopic (exact) mass is 223 g/mol. The van der Waals surface area contributed by atoms with Crippen LogP contribution in [0.5, 0.6) is 0 Å². The largest absolute Gasteiger partial charge is 0.351 e. The molecule has 0 bridgehead atoms. The van der Waals surface area contributed by atoms with Gasteiger partial charge in [-0.1, -0.05) is 11.6 Å². The molecule has 2 rings (SSSR count). The van der Waals surface area contributed by atoms with Crippen LogP contribution in [0.15, 0.2) is 24.7 Å². The maximum absolute atomic E-state index is 10.8. The Balaban J connectivity index is 2.35. The molecule has 2 aromatic rings. The van der Waals surface area contributed by atoms with Crippen molar-refractivity contribution in [3.8, 4) is 0 Å². The van der Waals surface area contributed by atoms with Crippen LogP contribution in [-0.2, 0) is 11.3 Å². The van der Waals surface area contributed by atoms with Crippen molar-refractivity contribution in [2.75, 3.05) is 0 Å². The summed E-state index contributed by atoms with van der Waals surface area (Å²) in [6.45, 7) is 1.90. The Morgan fingerprint density at radius 2 is 2.47 bits per heavy atom. The summed E-state index contributed by atoms with van der Waals surface area (Å²) >= 11 is 5.88. The molecule has 15 heavy (non-hydrogen) atoms. The molecule has 0 saturated carbocycles. The minimum Gasteiger partial charge on any atom is -0.351 e. The molecule has 0 fully saturated rings. The molecule has 78 valence electrons. The number of fused-ring (bicyclic) bond motifs is 1. The third-order valence-corrected chi connectivity index (χ3v) is 2.32. The van der Waals surface area contributed by atoms with Crippen LogP contribution in [0.4, 0.5) is 0 Å². The van der Waals surface area contributed by atoms with Gasteiger partial charge in [-0.3, -0.25) is 4.79 Å². The van der Waals surface area contributed by atoms with Crippen molar-refractivity contribution in [3.63, 3.8) is 0 Å². The molecule has 0 aliphatic carbocycles. The van der Waals surface area contributed by atoms with E-state index in [1.54, 1.807) is 12.4 Å². The van der Waals surface area contributed by atoms with Crippen molar-refractivity contribution in [2.24, 2.45) is 0 Å². The average Bonchev–Trinajstić information content (AvgIpc) is 2.57. The molecule has 0 saturated heterocycles. The molecule has 2 heterocycles. The van der Waals surface area contributed by atoms with Gasteiger partial charge in [-0.25, -0.2) is 4.98 Å². The highest BCUT2D eigenvalue weighted by molar-refractivity contribution is 6.30. The van der Waals surface area contributed by atoms with E-state index in [0.29, 0.717) is 11.6 Å². The van der Waals surface area contributed by atoms with E-state index in [1.165, 1.54) is 6.92 Å². The van der Waals surface area contributed by atoms with Crippen molar-refractivity contribution in [2.45, 2.75) is 13.5 Å². The van der Waals surface area contributed by atoms with Gasteiger partial charge in [-0.15, -0.1) is 0 Å². The summed E-state index contributed by atoms with van der Waals surface area (Å²) in [5.74, 6) is -0.0711. The number of hydrogen-bond donors (Lipinski definition) is 1. The number of nitrogens with zero attached hydrogens (tertiary/aromatic N) is 2. The number of carbonyl (C=O) groups is 1. The normalized spacial score (nSPS) is 10.5. The summed E-state index contributed by atoms with van der Waals surface area (Å²) in [6, 6.07) is 3.62. The molecule has 0 aromatic carbocycles. The van der Waals surface area contributed by atoms with Crippen molar-refractivity contribution in [1.82, 2.24) is 14.7 Å². The van der Waals surface area contributed by atoms with E-state index in [1.807, 2.05) is 16.7 Å². The zero-order valence-electron chi connectivity index (χ0n) is 8.20. The number of rotatable bonds is 2. The van der Waals surface area contributed by atoms with Gasteiger partial charge in [0.2, 0.25) is 5.91 Å². The SMILES string of the molecule is CC(=O)NCc1ncn2ccc(Cl)cc12. The van der Waals surface area contributed by atoms with Crippen LogP contribution < -0.4 is 5.32 Å². The first-order valence-corrected chi connectivity index (χ1v) is 4.90. The number of aromatic nitrogens is 2. The molecular weight excluding hydrogens is 214 g/mol. The molecular formula is C10H10ClN3O. The van der Waals surface area contributed by atoms with E-state index in [0.717, 1.165) is 11.2 Å². The van der Waals surface area contributed by atoms with E-state index in [9.17, 15) is 4.79 Å². The lowest BCUT2D eigenvalue weighted by Crippen LogP contribution is -2.19. The third-order valence-electron chi connectivity index (χ3n) is 2.09. The number of imidazole rings is 1. The van der Waals surface area contributed by atoms with E-state index in [2.05, 4.69) is 10.3 Å². The summed E-state index contributed by atoms with van der Waals surface area (Å²) in [5.41, 5.74) is 1.73. The lowest BCUT2D eigenvalue weighted by molar-refractivity contribution is -0.119. The van der Waals surface area contributed by atoms with Gasteiger partial charge in [0.05, 0.1) is 24.1 Å². The van der Waals surface area contributed by atoms with Crippen molar-refractivity contribution in [3.05, 3.63) is 35.4 Å². The second kappa shape index (κ2) is 3.90. The van der Waals surface area contributed by atoms with Crippen LogP contribution in [0.25, 0.3) is 5.52 Å². The Bertz CT molecular complexity index is 506. The predicted octanol–water partition coefficient (Wildman–Crippen LogP) is 1.62. The maximum atomic E-state index is 10.8. The average molecular weight is 224 g/mol. The van der Waals surface area contributed by atoms with Crippen molar-refractivity contribution in [1.29, 1.82) is 0 Å². The summed E-state index contributed by atoms with van der Waals surface area (Å²) < 4.78 is 1.86. The molecule has 2 aromatic heterocycles. The Kier molecular flexibility index (Phi) is 2.60. The van der Waals surface area contributed by atoms with Gasteiger partial charge in [0, 0.05) is 18.1 Å². The standard InChI is InChI=1S/C10H10ClN3O/c1-7(15)12-5-9-10-4-8(11)2-3-14(10)6-13-9/h2-4,6H,5H2,1H3,(H,12,15). The smallest absolute Gasteiger partial charge is 0.217 e. The highest BCUT2D eigenvalue weighted by Crippen LogP contribution is 2.15. The second-order valence-electron chi connectivity index (χ2n) is 3.24. The first kappa shape index (κ1) is 9.98. The number of nitrogens with one attached hydrogen (secondary N) is 1. The first-order valence-electron chi connectivity index (χ1n) is 4.52. The summed E-state index contributed by atoms with van der Waals surface area (Å²) in [7, 11) is 0. The third kappa shape index (κ3) is 2.10. The minimum absolute atomic E-state index is 0.0711. The molecule has 4 nitrogen and oxygen atoms in total. The number of amides is 1. The Labute approximate surface area is 91.9 Å². The minimum atomic E-state index is -0.0711. The van der Waals surface area contributed by atoms with Gasteiger partial charge in [-0.05, 0) is 12.1 Å². The summed E-state index contributed by atoms with van der Waals surface area (Å²) in [5, 5.41) is 3.36. The lowest BCUT2D eigenvalue weighted by atomic mass is 10.3. The van der Waals surface area contributed by atoms with Gasteiger partial charge in [0.25, 0.3) is 0 Å². The van der Waals surface area contributed by atoms with Gasteiger partial charge in [0.15, 0.2) is 0 Å². The molecule has 5 heteroatoms. The topological polar surface area (TPSA) is 46.4 Å². The number of halogens is 1. The lowest BCUT2D eigenvalue weighted by Gasteiger charge is -2.00. The van der Waals surface area contributed by atoms with E-state index < -0.39 is 0 Å². The summed E-state index contributed by atoms with van der Waals surface area (Å²) in [4.78, 5) is 15.0. The fourth-order valence-corrected chi connectivity index (χ4v) is 1.52. The second-order valence-corrected chi connectivity index (χ2v) is 3.67. The van der Waals surface area contributed by atoms with Gasteiger partial charge in [0.1, 0.15) is 0 Å². The molecule has 1 N–H and O–H groups in total. The Morgan fingerprint density at radius 1 is 1.67 bits per heavy atom. The van der Waals surface area contributed by atoms with Crippen molar-refractivity contribution >= 4 is 23.0 Å². The molecule has 0 aliphatic heterocycles. The molecule has 0 aliphatic rings. The molecule has 0 unspecified atom stereocenters. The van der Waals surface area contributed by atoms with Crippen molar-refractivity contribution < 1.29 is 4.79 Å². The Morgan fingerprint density at radius 3 is 3.20 bits per heavy atom. The maximum Gasteiger partial charge on any atom is 0.217 e. The fourth-order valence-electron chi connectivity index (χ4n) is 1.36. The van der Waals surface area contributed by atoms with Gasteiger partial charge in [-0.2, -0.15) is 0 Å². The van der Waals surface area contributed by atoms with E-state index >= 15 is 0 Å². The van der Waals surface area contributed by atoms with Crippen LogP contribution in [0, 0.1) is 0 Å². The Hall–Kier alpha value is -1.55. The number of pyridine rings is 1. The van der Waals surface area contributed by atoms with Crippen LogP contribution in [0.3, 0.4) is 0 Å². The highest BCUT2D eigenvalue weighted by Gasteiger charge is 2.04. The van der Waals surface area contributed by atoms with Crippen LogP contribution >= 0.6 is 11.6 Å². The van der Waals surface area contributed by atoms with Crippen LogP contribution in [-0.4, -0.2) is 15.3 Å². The van der Waals surface area contributed by atoms with Gasteiger partial charge < -0.3 is 9.72 Å². The molecule has 0 radical (unpaired) electrons. The molecule has 1 amide bonds. The van der Waals surface area contributed by atoms with E-state index in [-0.39, 0.29) is 5.91 Å². The number of carbonyl (C=O) groups excluding carboxylic acids is 1. The molecule has 0 spiro atoms.